The van der Waals surface area contributed by atoms with Crippen LogP contribution < -0.4 is 0 Å². The van der Waals surface area contributed by atoms with Crippen molar-refractivity contribution >= 4 is 23.4 Å². The van der Waals surface area contributed by atoms with Crippen LogP contribution in [0.5, 0.6) is 0 Å². The van der Waals surface area contributed by atoms with Crippen molar-refractivity contribution in [1.82, 2.24) is 0 Å². The minimum absolute atomic E-state index is 0.509. The monoisotopic (exact) mass is 226 g/mol. The number of aliphatic hydroxyl groups excluding tert-OH is 1. The minimum atomic E-state index is -1.66. The third kappa shape index (κ3) is 1.73. The van der Waals surface area contributed by atoms with Crippen LogP contribution in [0.3, 0.4) is 0 Å². The Bertz CT molecular complexity index is 412. The standard InChI is InChI=1S/C10H7ClO4/c11-6-3-1-5(2-4-6)9-7(12)8(13)10(14)15-9/h1-4,8-9,13H/t8?,9-/m1/s1. The molecule has 0 radical (unpaired) electrons. The van der Waals surface area contributed by atoms with Crippen LogP contribution in [0.4, 0.5) is 0 Å². The second-order valence-corrected chi connectivity index (χ2v) is 3.61. The molecule has 1 aliphatic rings. The molecule has 0 amide bonds. The van der Waals surface area contributed by atoms with Gasteiger partial charge in [-0.05, 0) is 12.1 Å². The van der Waals surface area contributed by atoms with Gasteiger partial charge < -0.3 is 9.84 Å². The van der Waals surface area contributed by atoms with Crippen LogP contribution >= 0.6 is 11.6 Å². The van der Waals surface area contributed by atoms with Gasteiger partial charge in [0.25, 0.3) is 0 Å². The van der Waals surface area contributed by atoms with Gasteiger partial charge in [-0.1, -0.05) is 23.7 Å². The molecule has 1 fully saturated rings. The topological polar surface area (TPSA) is 63.6 Å². The Balaban J connectivity index is 2.29. The van der Waals surface area contributed by atoms with Gasteiger partial charge in [0.15, 0.2) is 6.10 Å². The number of hydrogen-bond donors (Lipinski definition) is 1. The Morgan fingerprint density at radius 2 is 1.80 bits per heavy atom. The van der Waals surface area contributed by atoms with E-state index in [1.54, 1.807) is 24.3 Å². The van der Waals surface area contributed by atoms with Crippen LogP contribution in [-0.4, -0.2) is 23.0 Å². The van der Waals surface area contributed by atoms with E-state index in [0.717, 1.165) is 0 Å². The van der Waals surface area contributed by atoms with Crippen molar-refractivity contribution in [1.29, 1.82) is 0 Å². The molecule has 0 spiro atoms. The second-order valence-electron chi connectivity index (χ2n) is 3.17. The summed E-state index contributed by atoms with van der Waals surface area (Å²) in [6.07, 6.45) is -2.67. The first kappa shape index (κ1) is 10.1. The molecule has 0 aromatic heterocycles. The van der Waals surface area contributed by atoms with Crippen LogP contribution in [0.25, 0.3) is 0 Å². The second kappa shape index (κ2) is 3.64. The van der Waals surface area contributed by atoms with Gasteiger partial charge in [0.1, 0.15) is 0 Å². The summed E-state index contributed by atoms with van der Waals surface area (Å²) >= 11 is 5.67. The van der Waals surface area contributed by atoms with E-state index in [4.69, 9.17) is 21.4 Å². The summed E-state index contributed by atoms with van der Waals surface area (Å²) in [5, 5.41) is 9.63. The molecule has 0 aliphatic carbocycles. The maximum Gasteiger partial charge on any atom is 0.344 e. The first-order chi connectivity index (χ1) is 7.09. The highest BCUT2D eigenvalue weighted by Gasteiger charge is 2.42. The van der Waals surface area contributed by atoms with E-state index in [2.05, 4.69) is 0 Å². The molecule has 15 heavy (non-hydrogen) atoms. The summed E-state index contributed by atoms with van der Waals surface area (Å²) in [7, 11) is 0. The molecule has 1 heterocycles. The summed E-state index contributed by atoms with van der Waals surface area (Å²) in [4.78, 5) is 22.3. The maximum absolute atomic E-state index is 11.4. The number of aliphatic hydroxyl groups is 1. The lowest BCUT2D eigenvalue weighted by Gasteiger charge is -2.07. The van der Waals surface area contributed by atoms with Crippen molar-refractivity contribution in [2.75, 3.05) is 0 Å². The number of esters is 1. The molecule has 78 valence electrons. The van der Waals surface area contributed by atoms with Crippen molar-refractivity contribution in [2.45, 2.75) is 12.2 Å². The SMILES string of the molecule is O=C1O[C@H](c2ccc(Cl)cc2)C(=O)C1O. The van der Waals surface area contributed by atoms with Gasteiger partial charge in [0.05, 0.1) is 0 Å². The first-order valence-corrected chi connectivity index (χ1v) is 4.65. The van der Waals surface area contributed by atoms with Gasteiger partial charge >= 0.3 is 5.97 Å². The number of Topliss-reactive ketones (excluding diaryl/α,β-unsaturated/α-hetero) is 1. The molecule has 1 unspecified atom stereocenters. The van der Waals surface area contributed by atoms with Crippen LogP contribution in [0.15, 0.2) is 24.3 Å². The van der Waals surface area contributed by atoms with Crippen LogP contribution in [0, 0.1) is 0 Å². The number of hydrogen-bond acceptors (Lipinski definition) is 4. The number of cyclic esters (lactones) is 1. The molecular formula is C10H7ClO4. The van der Waals surface area contributed by atoms with Crippen LogP contribution in [0.2, 0.25) is 5.02 Å². The zero-order valence-corrected chi connectivity index (χ0v) is 8.27. The Hall–Kier alpha value is -1.39. The van der Waals surface area contributed by atoms with Crippen molar-refractivity contribution in [3.8, 4) is 0 Å². The highest BCUT2D eigenvalue weighted by atomic mass is 35.5. The smallest absolute Gasteiger partial charge is 0.344 e. The lowest BCUT2D eigenvalue weighted by molar-refractivity contribution is -0.147. The summed E-state index contributed by atoms with van der Waals surface area (Å²) in [6, 6.07) is 6.33. The summed E-state index contributed by atoms with van der Waals surface area (Å²) in [5.41, 5.74) is 0.509. The number of ketones is 1. The number of rotatable bonds is 1. The van der Waals surface area contributed by atoms with Gasteiger partial charge in [0, 0.05) is 10.6 Å². The Labute approximate surface area is 90.4 Å². The molecule has 5 heteroatoms. The summed E-state index contributed by atoms with van der Waals surface area (Å²) in [5.74, 6) is -1.54. The van der Waals surface area contributed by atoms with E-state index >= 15 is 0 Å². The van der Waals surface area contributed by atoms with Crippen molar-refractivity contribution in [3.05, 3.63) is 34.9 Å². The van der Waals surface area contributed by atoms with E-state index in [9.17, 15) is 9.59 Å². The van der Waals surface area contributed by atoms with E-state index in [1.165, 1.54) is 0 Å². The molecule has 1 aliphatic heterocycles. The van der Waals surface area contributed by atoms with E-state index in [-0.39, 0.29) is 0 Å². The molecule has 2 atom stereocenters. The predicted octanol–water partition coefficient (Wildman–Crippen LogP) is 0.868. The molecule has 2 rings (SSSR count). The lowest BCUT2D eigenvalue weighted by atomic mass is 10.0. The van der Waals surface area contributed by atoms with Gasteiger partial charge in [-0.3, -0.25) is 4.79 Å². The zero-order chi connectivity index (χ0) is 11.0. The Morgan fingerprint density at radius 1 is 1.20 bits per heavy atom. The summed E-state index contributed by atoms with van der Waals surface area (Å²) in [6.45, 7) is 0. The normalized spacial score (nSPS) is 25.5. The lowest BCUT2D eigenvalue weighted by Crippen LogP contribution is -2.21. The minimum Gasteiger partial charge on any atom is -0.447 e. The largest absolute Gasteiger partial charge is 0.447 e. The molecule has 0 saturated carbocycles. The van der Waals surface area contributed by atoms with Gasteiger partial charge in [-0.2, -0.15) is 0 Å². The fraction of sp³-hybridized carbons (Fsp3) is 0.200. The van der Waals surface area contributed by atoms with Gasteiger partial charge in [-0.25, -0.2) is 4.79 Å². The number of carbonyl (C=O) groups excluding carboxylic acids is 2. The molecule has 0 bridgehead atoms. The van der Waals surface area contributed by atoms with E-state index < -0.39 is 24.0 Å². The fourth-order valence-electron chi connectivity index (χ4n) is 1.37. The molecule has 4 nitrogen and oxygen atoms in total. The molecule has 1 aromatic carbocycles. The van der Waals surface area contributed by atoms with Crippen LogP contribution in [0.1, 0.15) is 11.7 Å². The highest BCUT2D eigenvalue weighted by molar-refractivity contribution is 6.30. The molecule has 1 aromatic rings. The van der Waals surface area contributed by atoms with Crippen molar-refractivity contribution in [2.24, 2.45) is 0 Å². The number of benzene rings is 1. The average molecular weight is 227 g/mol. The van der Waals surface area contributed by atoms with Crippen molar-refractivity contribution in [3.63, 3.8) is 0 Å². The third-order valence-corrected chi connectivity index (χ3v) is 2.41. The zero-order valence-electron chi connectivity index (χ0n) is 7.51. The number of halogens is 1. The summed E-state index contributed by atoms with van der Waals surface area (Å²) < 4.78 is 4.73. The Kier molecular flexibility index (Phi) is 2.46. The van der Waals surface area contributed by atoms with Crippen molar-refractivity contribution < 1.29 is 19.4 Å². The number of ether oxygens (including phenoxy) is 1. The quantitative estimate of drug-likeness (QED) is 0.570. The van der Waals surface area contributed by atoms with E-state index in [0.29, 0.717) is 10.6 Å². The van der Waals surface area contributed by atoms with Gasteiger partial charge in [0.2, 0.25) is 11.9 Å². The highest BCUT2D eigenvalue weighted by Crippen LogP contribution is 2.27. The molecular weight excluding hydrogens is 220 g/mol. The first-order valence-electron chi connectivity index (χ1n) is 4.27. The van der Waals surface area contributed by atoms with Crippen LogP contribution in [-0.2, 0) is 14.3 Å². The fourth-order valence-corrected chi connectivity index (χ4v) is 1.49. The van der Waals surface area contributed by atoms with E-state index in [1.807, 2.05) is 0 Å². The van der Waals surface area contributed by atoms with Gasteiger partial charge in [-0.15, -0.1) is 0 Å². The number of carbonyl (C=O) groups is 2. The molecule has 1 N–H and O–H groups in total. The Morgan fingerprint density at radius 3 is 2.27 bits per heavy atom. The maximum atomic E-state index is 11.4. The average Bonchev–Trinajstić information content (AvgIpc) is 2.47. The predicted molar refractivity (Wildman–Crippen MR) is 51.3 cm³/mol. The molecule has 1 saturated heterocycles. The third-order valence-electron chi connectivity index (χ3n) is 2.16.